The van der Waals surface area contributed by atoms with E-state index in [9.17, 15) is 9.18 Å². The standard InChI is InChI=1S/C22H25FN6OS/c23-18-5-4-16(21(30)27-12-15-6-9-24-10-7-15)11-19(18)26-13-17-14-28-22(31-17)29-20-3-1-2-8-25-20/h1-5,8,11,14-15,24,26H,6-7,9-10,12-13H2,(H,27,30)(H,25,28,29). The van der Waals surface area contributed by atoms with E-state index >= 15 is 0 Å². The largest absolute Gasteiger partial charge is 0.378 e. The molecule has 9 heteroatoms. The predicted molar refractivity (Wildman–Crippen MR) is 121 cm³/mol. The number of thiazole rings is 1. The molecule has 162 valence electrons. The van der Waals surface area contributed by atoms with E-state index < -0.39 is 5.82 Å². The van der Waals surface area contributed by atoms with Crippen LogP contribution >= 0.6 is 11.3 Å². The highest BCUT2D eigenvalue weighted by molar-refractivity contribution is 7.15. The number of nitrogens with one attached hydrogen (secondary N) is 4. The van der Waals surface area contributed by atoms with Gasteiger partial charge in [0.05, 0.1) is 12.2 Å². The van der Waals surface area contributed by atoms with Crippen LogP contribution in [0, 0.1) is 11.7 Å². The van der Waals surface area contributed by atoms with E-state index in [-0.39, 0.29) is 5.91 Å². The predicted octanol–water partition coefficient (Wildman–Crippen LogP) is 3.76. The van der Waals surface area contributed by atoms with Crippen molar-refractivity contribution in [3.8, 4) is 0 Å². The van der Waals surface area contributed by atoms with Gasteiger partial charge in [0.2, 0.25) is 0 Å². The first-order chi connectivity index (χ1) is 15.2. The number of hydrogen-bond donors (Lipinski definition) is 4. The Kier molecular flexibility index (Phi) is 7.06. The molecule has 1 aliphatic heterocycles. The van der Waals surface area contributed by atoms with Gasteiger partial charge in [-0.2, -0.15) is 0 Å². The van der Waals surface area contributed by atoms with E-state index in [1.807, 2.05) is 18.2 Å². The molecule has 0 spiro atoms. The first-order valence-electron chi connectivity index (χ1n) is 10.3. The van der Waals surface area contributed by atoms with Crippen LogP contribution in [0.15, 0.2) is 48.8 Å². The Hall–Kier alpha value is -3.04. The van der Waals surface area contributed by atoms with E-state index in [1.165, 1.54) is 23.5 Å². The number of aromatic nitrogens is 2. The molecule has 31 heavy (non-hydrogen) atoms. The number of pyridine rings is 1. The Labute approximate surface area is 184 Å². The second kappa shape index (κ2) is 10.3. The van der Waals surface area contributed by atoms with Crippen molar-refractivity contribution in [3.05, 3.63) is 65.0 Å². The number of anilines is 3. The van der Waals surface area contributed by atoms with Gasteiger partial charge in [-0.25, -0.2) is 14.4 Å². The van der Waals surface area contributed by atoms with Gasteiger partial charge in [-0.05, 0) is 62.2 Å². The van der Waals surface area contributed by atoms with Gasteiger partial charge in [-0.3, -0.25) is 4.79 Å². The van der Waals surface area contributed by atoms with Crippen LogP contribution in [-0.2, 0) is 6.54 Å². The first-order valence-corrected chi connectivity index (χ1v) is 11.1. The molecule has 3 aromatic rings. The number of rotatable bonds is 8. The Morgan fingerprint density at radius 2 is 2.06 bits per heavy atom. The molecule has 4 N–H and O–H groups in total. The average Bonchev–Trinajstić information content (AvgIpc) is 3.25. The van der Waals surface area contributed by atoms with Gasteiger partial charge in [-0.1, -0.05) is 17.4 Å². The van der Waals surface area contributed by atoms with Crippen LogP contribution in [0.2, 0.25) is 0 Å². The molecule has 7 nitrogen and oxygen atoms in total. The molecular weight excluding hydrogens is 415 g/mol. The summed E-state index contributed by atoms with van der Waals surface area (Å²) in [4.78, 5) is 22.0. The van der Waals surface area contributed by atoms with Gasteiger partial charge in [0, 0.05) is 29.4 Å². The maximum absolute atomic E-state index is 14.3. The summed E-state index contributed by atoms with van der Waals surface area (Å²) < 4.78 is 14.3. The molecule has 3 heterocycles. The molecule has 1 fully saturated rings. The molecular formula is C22H25FN6OS. The number of carbonyl (C=O) groups excluding carboxylic acids is 1. The summed E-state index contributed by atoms with van der Waals surface area (Å²) in [6, 6.07) is 9.99. The SMILES string of the molecule is O=C(NCC1CCNCC1)c1ccc(F)c(NCc2cnc(Nc3ccccn3)s2)c1. The zero-order valence-corrected chi connectivity index (χ0v) is 17.8. The number of hydrogen-bond acceptors (Lipinski definition) is 7. The highest BCUT2D eigenvalue weighted by Crippen LogP contribution is 2.23. The number of amides is 1. The van der Waals surface area contributed by atoms with E-state index in [4.69, 9.17) is 0 Å². The molecule has 0 atom stereocenters. The van der Waals surface area contributed by atoms with Crippen molar-refractivity contribution in [2.75, 3.05) is 30.3 Å². The molecule has 1 saturated heterocycles. The molecule has 0 radical (unpaired) electrons. The summed E-state index contributed by atoms with van der Waals surface area (Å²) in [5, 5.41) is 13.2. The van der Waals surface area contributed by atoms with Crippen molar-refractivity contribution >= 4 is 33.9 Å². The molecule has 1 aromatic carbocycles. The minimum Gasteiger partial charge on any atom is -0.378 e. The lowest BCUT2D eigenvalue weighted by molar-refractivity contribution is 0.0944. The van der Waals surface area contributed by atoms with Crippen molar-refractivity contribution in [1.29, 1.82) is 0 Å². The average molecular weight is 441 g/mol. The Morgan fingerprint density at radius 1 is 1.19 bits per heavy atom. The van der Waals surface area contributed by atoms with Crippen LogP contribution in [0.25, 0.3) is 0 Å². The number of halogens is 1. The number of carbonyl (C=O) groups is 1. The van der Waals surface area contributed by atoms with Crippen LogP contribution in [0.3, 0.4) is 0 Å². The van der Waals surface area contributed by atoms with Gasteiger partial charge in [0.25, 0.3) is 5.91 Å². The van der Waals surface area contributed by atoms with Gasteiger partial charge < -0.3 is 21.3 Å². The fourth-order valence-corrected chi connectivity index (χ4v) is 4.16. The summed E-state index contributed by atoms with van der Waals surface area (Å²) in [5.41, 5.74) is 0.738. The third-order valence-corrected chi connectivity index (χ3v) is 6.06. The normalized spacial score (nSPS) is 14.2. The topological polar surface area (TPSA) is 91.0 Å². The maximum atomic E-state index is 14.3. The quantitative estimate of drug-likeness (QED) is 0.426. The molecule has 0 bridgehead atoms. The smallest absolute Gasteiger partial charge is 0.251 e. The summed E-state index contributed by atoms with van der Waals surface area (Å²) in [6.07, 6.45) is 5.55. The summed E-state index contributed by atoms with van der Waals surface area (Å²) >= 11 is 1.46. The summed E-state index contributed by atoms with van der Waals surface area (Å²) in [5.74, 6) is 0.626. The number of benzene rings is 1. The Morgan fingerprint density at radius 3 is 2.87 bits per heavy atom. The lowest BCUT2D eigenvalue weighted by Gasteiger charge is -2.22. The third-order valence-electron chi connectivity index (χ3n) is 5.15. The number of nitrogens with zero attached hydrogens (tertiary/aromatic N) is 2. The van der Waals surface area contributed by atoms with E-state index in [1.54, 1.807) is 18.5 Å². The van der Waals surface area contributed by atoms with Crippen LogP contribution in [0.4, 0.5) is 21.0 Å². The first kappa shape index (κ1) is 21.2. The fourth-order valence-electron chi connectivity index (χ4n) is 3.40. The Bertz CT molecular complexity index is 1010. The highest BCUT2D eigenvalue weighted by Gasteiger charge is 2.15. The molecule has 1 aliphatic rings. The number of piperidine rings is 1. The van der Waals surface area contributed by atoms with Gasteiger partial charge in [0.1, 0.15) is 11.6 Å². The molecule has 0 aliphatic carbocycles. The van der Waals surface area contributed by atoms with Crippen LogP contribution in [0.5, 0.6) is 0 Å². The Balaban J connectivity index is 1.32. The molecule has 0 saturated carbocycles. The van der Waals surface area contributed by atoms with E-state index in [0.29, 0.717) is 41.2 Å². The van der Waals surface area contributed by atoms with Crippen molar-refractivity contribution in [2.45, 2.75) is 19.4 Å². The van der Waals surface area contributed by atoms with Gasteiger partial charge in [-0.15, -0.1) is 0 Å². The minimum absolute atomic E-state index is 0.179. The molecule has 4 rings (SSSR count). The van der Waals surface area contributed by atoms with Crippen molar-refractivity contribution in [1.82, 2.24) is 20.6 Å². The lowest BCUT2D eigenvalue weighted by Crippen LogP contribution is -2.36. The van der Waals surface area contributed by atoms with Crippen LogP contribution in [-0.4, -0.2) is 35.5 Å². The third kappa shape index (κ3) is 5.99. The zero-order chi connectivity index (χ0) is 21.5. The van der Waals surface area contributed by atoms with Crippen molar-refractivity contribution in [2.24, 2.45) is 5.92 Å². The lowest BCUT2D eigenvalue weighted by atomic mass is 9.98. The second-order valence-electron chi connectivity index (χ2n) is 7.42. The van der Waals surface area contributed by atoms with Crippen LogP contribution < -0.4 is 21.3 Å². The van der Waals surface area contributed by atoms with E-state index in [0.717, 1.165) is 30.8 Å². The maximum Gasteiger partial charge on any atom is 0.251 e. The molecule has 1 amide bonds. The summed E-state index contributed by atoms with van der Waals surface area (Å²) in [6.45, 7) is 3.02. The molecule has 2 aromatic heterocycles. The van der Waals surface area contributed by atoms with Gasteiger partial charge in [0.15, 0.2) is 5.13 Å². The minimum atomic E-state index is -0.397. The van der Waals surface area contributed by atoms with E-state index in [2.05, 4.69) is 31.2 Å². The van der Waals surface area contributed by atoms with Crippen molar-refractivity contribution in [3.63, 3.8) is 0 Å². The molecule has 0 unspecified atom stereocenters. The summed E-state index contributed by atoms with van der Waals surface area (Å²) in [7, 11) is 0. The fraction of sp³-hybridized carbons (Fsp3) is 0.318. The monoisotopic (exact) mass is 440 g/mol. The highest BCUT2D eigenvalue weighted by atomic mass is 32.1. The van der Waals surface area contributed by atoms with Gasteiger partial charge >= 0.3 is 0 Å². The second-order valence-corrected chi connectivity index (χ2v) is 8.54. The van der Waals surface area contributed by atoms with Crippen molar-refractivity contribution < 1.29 is 9.18 Å². The van der Waals surface area contributed by atoms with Crippen LogP contribution in [0.1, 0.15) is 28.1 Å². The zero-order valence-electron chi connectivity index (χ0n) is 17.0.